The van der Waals surface area contributed by atoms with E-state index >= 15 is 0 Å². The summed E-state index contributed by atoms with van der Waals surface area (Å²) in [6.07, 6.45) is 3.83. The van der Waals surface area contributed by atoms with E-state index in [2.05, 4.69) is 10.2 Å². The summed E-state index contributed by atoms with van der Waals surface area (Å²) < 4.78 is 26.0. The highest BCUT2D eigenvalue weighted by Crippen LogP contribution is 2.14. The van der Waals surface area contributed by atoms with Crippen LogP contribution < -0.4 is 5.32 Å². The van der Waals surface area contributed by atoms with Gasteiger partial charge in [-0.3, -0.25) is 0 Å². The number of halogens is 2. The maximum absolute atomic E-state index is 13.3. The molecule has 1 aromatic rings. The third-order valence-corrected chi connectivity index (χ3v) is 3.12. The normalized spacial score (nSPS) is 17.1. The lowest BCUT2D eigenvalue weighted by Crippen LogP contribution is -2.33. The van der Waals surface area contributed by atoms with Crippen LogP contribution in [-0.4, -0.2) is 31.1 Å². The summed E-state index contributed by atoms with van der Waals surface area (Å²) in [7, 11) is 0. The molecule has 0 saturated carbocycles. The van der Waals surface area contributed by atoms with Crippen molar-refractivity contribution in [2.75, 3.05) is 31.5 Å². The van der Waals surface area contributed by atoms with Crippen molar-refractivity contribution in [2.45, 2.75) is 19.3 Å². The molecule has 1 N–H and O–H groups in total. The third kappa shape index (κ3) is 3.66. The van der Waals surface area contributed by atoms with Crippen LogP contribution in [0.25, 0.3) is 0 Å². The molecular formula is C13H18F2N2. The minimum atomic E-state index is -0.538. The van der Waals surface area contributed by atoms with E-state index in [0.29, 0.717) is 12.2 Å². The highest BCUT2D eigenvalue weighted by Gasteiger charge is 2.09. The molecule has 0 radical (unpaired) electrons. The second kappa shape index (κ2) is 5.96. The Morgan fingerprint density at radius 1 is 1.12 bits per heavy atom. The molecule has 0 atom stereocenters. The summed E-state index contributed by atoms with van der Waals surface area (Å²) in [5.41, 5.74) is 0.378. The van der Waals surface area contributed by atoms with Gasteiger partial charge in [0.05, 0.1) is 5.69 Å². The van der Waals surface area contributed by atoms with Gasteiger partial charge in [-0.1, -0.05) is 6.42 Å². The van der Waals surface area contributed by atoms with Crippen LogP contribution in [0.2, 0.25) is 0 Å². The molecule has 1 aliphatic heterocycles. The van der Waals surface area contributed by atoms with Gasteiger partial charge in [0.25, 0.3) is 0 Å². The number of nitrogens with zero attached hydrogens (tertiary/aromatic N) is 1. The molecule has 0 aliphatic carbocycles. The average Bonchev–Trinajstić information content (AvgIpc) is 2.33. The van der Waals surface area contributed by atoms with E-state index in [1.807, 2.05) is 0 Å². The number of hydrogen-bond donors (Lipinski definition) is 1. The van der Waals surface area contributed by atoms with E-state index in [9.17, 15) is 8.78 Å². The lowest BCUT2D eigenvalue weighted by molar-refractivity contribution is 0.237. The molecule has 0 bridgehead atoms. The minimum absolute atomic E-state index is 0.378. The highest BCUT2D eigenvalue weighted by molar-refractivity contribution is 5.44. The Labute approximate surface area is 101 Å². The van der Waals surface area contributed by atoms with Crippen LogP contribution in [0.3, 0.4) is 0 Å². The minimum Gasteiger partial charge on any atom is -0.381 e. The first-order valence-electron chi connectivity index (χ1n) is 6.17. The fourth-order valence-electron chi connectivity index (χ4n) is 2.16. The third-order valence-electron chi connectivity index (χ3n) is 3.12. The van der Waals surface area contributed by atoms with Gasteiger partial charge in [0.1, 0.15) is 11.6 Å². The monoisotopic (exact) mass is 240 g/mol. The van der Waals surface area contributed by atoms with Gasteiger partial charge in [-0.2, -0.15) is 0 Å². The SMILES string of the molecule is Fc1ccc(NCCN2CCCCC2)c(F)c1. The van der Waals surface area contributed by atoms with Gasteiger partial charge >= 0.3 is 0 Å². The molecule has 0 amide bonds. The van der Waals surface area contributed by atoms with Gasteiger partial charge < -0.3 is 10.2 Å². The van der Waals surface area contributed by atoms with E-state index < -0.39 is 11.6 Å². The molecule has 0 spiro atoms. The van der Waals surface area contributed by atoms with E-state index in [1.165, 1.54) is 31.4 Å². The Hall–Kier alpha value is -1.16. The maximum Gasteiger partial charge on any atom is 0.149 e. The molecule has 17 heavy (non-hydrogen) atoms. The van der Waals surface area contributed by atoms with Gasteiger partial charge in [-0.15, -0.1) is 0 Å². The number of piperidine rings is 1. The lowest BCUT2D eigenvalue weighted by Gasteiger charge is -2.26. The molecule has 1 aromatic carbocycles. The number of hydrogen-bond acceptors (Lipinski definition) is 2. The number of rotatable bonds is 4. The van der Waals surface area contributed by atoms with Crippen LogP contribution in [0.1, 0.15) is 19.3 Å². The van der Waals surface area contributed by atoms with Crippen molar-refractivity contribution < 1.29 is 8.78 Å². The predicted molar refractivity (Wildman–Crippen MR) is 65.1 cm³/mol. The predicted octanol–water partition coefficient (Wildman–Crippen LogP) is 2.86. The summed E-state index contributed by atoms with van der Waals surface area (Å²) in [5, 5.41) is 3.00. The summed E-state index contributed by atoms with van der Waals surface area (Å²) >= 11 is 0. The van der Waals surface area contributed by atoms with Gasteiger partial charge in [0.15, 0.2) is 0 Å². The largest absolute Gasteiger partial charge is 0.381 e. The Morgan fingerprint density at radius 2 is 1.88 bits per heavy atom. The summed E-state index contributed by atoms with van der Waals surface area (Å²) in [6.45, 7) is 3.88. The lowest BCUT2D eigenvalue weighted by atomic mass is 10.1. The van der Waals surface area contributed by atoms with Crippen molar-refractivity contribution in [3.63, 3.8) is 0 Å². The van der Waals surface area contributed by atoms with Crippen LogP contribution in [0.5, 0.6) is 0 Å². The molecule has 0 unspecified atom stereocenters. The van der Waals surface area contributed by atoms with E-state index in [-0.39, 0.29) is 0 Å². The van der Waals surface area contributed by atoms with Crippen LogP contribution in [-0.2, 0) is 0 Å². The zero-order valence-electron chi connectivity index (χ0n) is 9.88. The Morgan fingerprint density at radius 3 is 2.59 bits per heavy atom. The van der Waals surface area contributed by atoms with Crippen molar-refractivity contribution in [1.29, 1.82) is 0 Å². The summed E-state index contributed by atoms with van der Waals surface area (Å²) in [6, 6.07) is 3.62. The zero-order chi connectivity index (χ0) is 12.1. The molecule has 2 nitrogen and oxygen atoms in total. The van der Waals surface area contributed by atoms with Gasteiger partial charge in [0, 0.05) is 19.2 Å². The summed E-state index contributed by atoms with van der Waals surface area (Å²) in [4.78, 5) is 2.37. The standard InChI is InChI=1S/C13H18F2N2/c14-11-4-5-13(12(15)10-11)16-6-9-17-7-2-1-3-8-17/h4-5,10,16H,1-3,6-9H2. The number of anilines is 1. The fourth-order valence-corrected chi connectivity index (χ4v) is 2.16. The van der Waals surface area contributed by atoms with E-state index in [0.717, 1.165) is 25.7 Å². The first-order valence-corrected chi connectivity index (χ1v) is 6.17. The van der Waals surface area contributed by atoms with Crippen molar-refractivity contribution in [1.82, 2.24) is 4.90 Å². The van der Waals surface area contributed by atoms with Gasteiger partial charge in [-0.05, 0) is 38.1 Å². The van der Waals surface area contributed by atoms with E-state index in [4.69, 9.17) is 0 Å². The Kier molecular flexibility index (Phi) is 4.31. The molecule has 94 valence electrons. The molecule has 1 fully saturated rings. The van der Waals surface area contributed by atoms with Crippen molar-refractivity contribution in [3.05, 3.63) is 29.8 Å². The molecule has 1 heterocycles. The second-order valence-corrected chi connectivity index (χ2v) is 4.45. The van der Waals surface area contributed by atoms with Gasteiger partial charge in [-0.25, -0.2) is 8.78 Å². The number of nitrogens with one attached hydrogen (secondary N) is 1. The zero-order valence-corrected chi connectivity index (χ0v) is 9.88. The Bertz CT molecular complexity index is 362. The number of benzene rings is 1. The van der Waals surface area contributed by atoms with Gasteiger partial charge in [0.2, 0.25) is 0 Å². The molecular weight excluding hydrogens is 222 g/mol. The number of likely N-dealkylation sites (tertiary alicyclic amines) is 1. The van der Waals surface area contributed by atoms with Crippen molar-refractivity contribution in [3.8, 4) is 0 Å². The topological polar surface area (TPSA) is 15.3 Å². The second-order valence-electron chi connectivity index (χ2n) is 4.45. The van der Waals surface area contributed by atoms with Crippen LogP contribution >= 0.6 is 0 Å². The highest BCUT2D eigenvalue weighted by atomic mass is 19.1. The molecule has 0 aromatic heterocycles. The maximum atomic E-state index is 13.3. The average molecular weight is 240 g/mol. The van der Waals surface area contributed by atoms with E-state index in [1.54, 1.807) is 0 Å². The van der Waals surface area contributed by atoms with Crippen LogP contribution in [0.15, 0.2) is 18.2 Å². The molecule has 1 aliphatic rings. The molecule has 2 rings (SSSR count). The van der Waals surface area contributed by atoms with Crippen LogP contribution in [0.4, 0.5) is 14.5 Å². The first kappa shape index (κ1) is 12.3. The summed E-state index contributed by atoms with van der Waals surface area (Å²) in [5.74, 6) is -1.06. The molecule has 1 saturated heterocycles. The first-order chi connectivity index (χ1) is 8.25. The Balaban J connectivity index is 1.77. The fraction of sp³-hybridized carbons (Fsp3) is 0.538. The smallest absolute Gasteiger partial charge is 0.149 e. The van der Waals surface area contributed by atoms with Crippen molar-refractivity contribution in [2.24, 2.45) is 0 Å². The molecule has 4 heteroatoms. The van der Waals surface area contributed by atoms with Crippen molar-refractivity contribution >= 4 is 5.69 Å². The van der Waals surface area contributed by atoms with Crippen LogP contribution in [0, 0.1) is 11.6 Å². The quantitative estimate of drug-likeness (QED) is 0.870.